The molecular weight excluding hydrogens is 450 g/mol. The van der Waals surface area contributed by atoms with Crippen molar-refractivity contribution >= 4 is 27.9 Å². The van der Waals surface area contributed by atoms with E-state index in [1.165, 1.54) is 5.69 Å². The summed E-state index contributed by atoms with van der Waals surface area (Å²) in [4.78, 5) is 21.3. The van der Waals surface area contributed by atoms with E-state index < -0.39 is 0 Å². The molecule has 5 rings (SSSR count). The minimum Gasteiger partial charge on any atom is -0.374 e. The van der Waals surface area contributed by atoms with Gasteiger partial charge in [-0.1, -0.05) is 30.4 Å². The van der Waals surface area contributed by atoms with E-state index in [0.717, 1.165) is 54.6 Å². The fourth-order valence-corrected chi connectivity index (χ4v) is 5.25. The van der Waals surface area contributed by atoms with E-state index in [-0.39, 0.29) is 18.1 Å². The van der Waals surface area contributed by atoms with E-state index in [4.69, 9.17) is 14.5 Å². The number of amides is 1. The summed E-state index contributed by atoms with van der Waals surface area (Å²) in [6.07, 6.45) is 6.97. The molecule has 2 aliphatic rings. The van der Waals surface area contributed by atoms with Crippen molar-refractivity contribution in [2.45, 2.75) is 18.8 Å². The second-order valence-electron chi connectivity index (χ2n) is 8.41. The molecule has 1 saturated heterocycles. The molecule has 3 heterocycles. The lowest BCUT2D eigenvalue weighted by Gasteiger charge is -2.26. The summed E-state index contributed by atoms with van der Waals surface area (Å²) >= 11 is 1.64. The van der Waals surface area contributed by atoms with Gasteiger partial charge in [-0.25, -0.2) is 4.98 Å². The molecule has 2 atom stereocenters. The van der Waals surface area contributed by atoms with Gasteiger partial charge in [0.05, 0.1) is 11.4 Å². The number of carbonyl (C=O) groups is 1. The molecular formula is C25H29N5O3S. The molecule has 2 aromatic heterocycles. The number of methoxy groups -OCH3 is 2. The van der Waals surface area contributed by atoms with E-state index in [1.54, 1.807) is 37.7 Å². The van der Waals surface area contributed by atoms with E-state index in [1.807, 2.05) is 30.3 Å². The van der Waals surface area contributed by atoms with Crippen molar-refractivity contribution < 1.29 is 14.3 Å². The van der Waals surface area contributed by atoms with Gasteiger partial charge in [0.15, 0.2) is 4.96 Å². The lowest BCUT2D eigenvalue weighted by Crippen LogP contribution is -2.43. The van der Waals surface area contributed by atoms with Crippen molar-refractivity contribution in [1.29, 1.82) is 0 Å². The monoisotopic (exact) mass is 479 g/mol. The SMILES string of the molecule is COC1C=CC(C(=O)Nc2ccccc2-c2cn3c(CN4CCNCC4)csc3n2)=CC1OC. The zero-order valence-corrected chi connectivity index (χ0v) is 20.2. The second-order valence-corrected chi connectivity index (χ2v) is 9.25. The Hall–Kier alpha value is -2.82. The predicted molar refractivity (Wildman–Crippen MR) is 134 cm³/mol. The van der Waals surface area contributed by atoms with E-state index >= 15 is 0 Å². The van der Waals surface area contributed by atoms with Gasteiger partial charge in [-0.05, 0) is 12.1 Å². The molecule has 2 N–H and O–H groups in total. The number of para-hydroxylation sites is 1. The number of benzene rings is 1. The maximum absolute atomic E-state index is 13.0. The van der Waals surface area contributed by atoms with Crippen LogP contribution in [0.15, 0.2) is 59.6 Å². The van der Waals surface area contributed by atoms with Gasteiger partial charge >= 0.3 is 0 Å². The normalized spacial score (nSPS) is 21.1. The number of anilines is 1. The Morgan fingerprint density at radius 3 is 2.79 bits per heavy atom. The average Bonchev–Trinajstić information content (AvgIpc) is 3.46. The van der Waals surface area contributed by atoms with Gasteiger partial charge in [-0.15, -0.1) is 11.3 Å². The molecule has 34 heavy (non-hydrogen) atoms. The van der Waals surface area contributed by atoms with Crippen LogP contribution in [0.4, 0.5) is 5.69 Å². The van der Waals surface area contributed by atoms with Crippen LogP contribution < -0.4 is 10.6 Å². The molecule has 1 aliphatic heterocycles. The summed E-state index contributed by atoms with van der Waals surface area (Å²) in [5.74, 6) is -0.194. The summed E-state index contributed by atoms with van der Waals surface area (Å²) in [7, 11) is 3.24. The molecule has 0 saturated carbocycles. The van der Waals surface area contributed by atoms with Crippen molar-refractivity contribution in [3.63, 3.8) is 0 Å². The molecule has 2 unspecified atom stereocenters. The predicted octanol–water partition coefficient (Wildman–Crippen LogP) is 2.93. The standard InChI is InChI=1S/C25H29N5O3S/c1-32-22-8-7-17(13-23(22)33-2)24(31)27-20-6-4-3-5-19(20)21-15-30-18(16-34-25(30)28-21)14-29-11-9-26-10-12-29/h3-8,13,15-16,22-23,26H,9-12,14H2,1-2H3,(H,27,31). The first kappa shape index (κ1) is 22.9. The van der Waals surface area contributed by atoms with Crippen molar-refractivity contribution in [1.82, 2.24) is 19.6 Å². The maximum atomic E-state index is 13.0. The topological polar surface area (TPSA) is 80.1 Å². The molecule has 1 amide bonds. The number of rotatable bonds is 7. The second kappa shape index (κ2) is 10.2. The molecule has 9 heteroatoms. The highest BCUT2D eigenvalue weighted by Crippen LogP contribution is 2.30. The molecule has 178 valence electrons. The van der Waals surface area contributed by atoms with Crippen LogP contribution in [0.3, 0.4) is 0 Å². The summed E-state index contributed by atoms with van der Waals surface area (Å²) in [6.45, 7) is 5.05. The number of ether oxygens (including phenoxy) is 2. The third-order valence-electron chi connectivity index (χ3n) is 6.27. The maximum Gasteiger partial charge on any atom is 0.255 e. The smallest absolute Gasteiger partial charge is 0.255 e. The largest absolute Gasteiger partial charge is 0.374 e. The van der Waals surface area contributed by atoms with E-state index in [2.05, 4.69) is 31.5 Å². The minimum absolute atomic E-state index is 0.194. The summed E-state index contributed by atoms with van der Waals surface area (Å²) in [5, 5.41) is 8.64. The number of nitrogens with zero attached hydrogens (tertiary/aromatic N) is 3. The number of carbonyl (C=O) groups excluding carboxylic acids is 1. The Kier molecular flexibility index (Phi) is 6.89. The fraction of sp³-hybridized carbons (Fsp3) is 0.360. The van der Waals surface area contributed by atoms with Gasteiger partial charge in [-0.2, -0.15) is 0 Å². The van der Waals surface area contributed by atoms with Crippen molar-refractivity contribution in [3.8, 4) is 11.3 Å². The van der Waals surface area contributed by atoms with Crippen LogP contribution in [0.5, 0.6) is 0 Å². The van der Waals surface area contributed by atoms with Gasteiger partial charge in [0.25, 0.3) is 5.91 Å². The van der Waals surface area contributed by atoms with Crippen LogP contribution in [0.25, 0.3) is 16.2 Å². The summed E-state index contributed by atoms with van der Waals surface area (Å²) in [6, 6.07) is 7.77. The summed E-state index contributed by atoms with van der Waals surface area (Å²) < 4.78 is 13.0. The van der Waals surface area contributed by atoms with Gasteiger partial charge in [0.1, 0.15) is 12.2 Å². The molecule has 0 bridgehead atoms. The van der Waals surface area contributed by atoms with Gasteiger partial charge in [0, 0.05) is 75.4 Å². The Bertz CT molecular complexity index is 1220. The number of thiazole rings is 1. The van der Waals surface area contributed by atoms with Gasteiger partial charge in [0.2, 0.25) is 0 Å². The number of imidazole rings is 1. The molecule has 0 radical (unpaired) electrons. The number of aromatic nitrogens is 2. The summed E-state index contributed by atoms with van der Waals surface area (Å²) in [5.41, 5.74) is 4.22. The highest BCUT2D eigenvalue weighted by molar-refractivity contribution is 7.15. The van der Waals surface area contributed by atoms with E-state index in [0.29, 0.717) is 5.57 Å². The number of hydrogen-bond acceptors (Lipinski definition) is 7. The Morgan fingerprint density at radius 2 is 2.00 bits per heavy atom. The van der Waals surface area contributed by atoms with E-state index in [9.17, 15) is 4.79 Å². The van der Waals surface area contributed by atoms with Crippen LogP contribution in [0, 0.1) is 0 Å². The number of fused-ring (bicyclic) bond motifs is 1. The number of hydrogen-bond donors (Lipinski definition) is 2. The van der Waals surface area contributed by atoms with Crippen molar-refractivity contribution in [2.75, 3.05) is 45.7 Å². The Morgan fingerprint density at radius 1 is 1.21 bits per heavy atom. The minimum atomic E-state index is -0.306. The lowest BCUT2D eigenvalue weighted by atomic mass is 10.0. The molecule has 8 nitrogen and oxygen atoms in total. The zero-order chi connectivity index (χ0) is 23.5. The van der Waals surface area contributed by atoms with Crippen LogP contribution in [0.1, 0.15) is 5.69 Å². The first-order valence-electron chi connectivity index (χ1n) is 11.4. The highest BCUT2D eigenvalue weighted by atomic mass is 32.1. The third kappa shape index (κ3) is 4.70. The zero-order valence-electron chi connectivity index (χ0n) is 19.4. The fourth-order valence-electron chi connectivity index (χ4n) is 4.38. The molecule has 0 spiro atoms. The molecule has 3 aromatic rings. The van der Waals surface area contributed by atoms with Crippen LogP contribution in [-0.2, 0) is 20.8 Å². The molecule has 1 aliphatic carbocycles. The molecule has 1 fully saturated rings. The van der Waals surface area contributed by atoms with Crippen LogP contribution >= 0.6 is 11.3 Å². The number of piperazine rings is 1. The van der Waals surface area contributed by atoms with Crippen LogP contribution in [0.2, 0.25) is 0 Å². The Balaban J connectivity index is 1.37. The quantitative estimate of drug-likeness (QED) is 0.543. The van der Waals surface area contributed by atoms with Gasteiger partial charge in [-0.3, -0.25) is 14.1 Å². The lowest BCUT2D eigenvalue weighted by molar-refractivity contribution is -0.112. The first-order chi connectivity index (χ1) is 16.7. The highest BCUT2D eigenvalue weighted by Gasteiger charge is 2.23. The van der Waals surface area contributed by atoms with Crippen molar-refractivity contribution in [2.24, 2.45) is 0 Å². The Labute approximate surface area is 202 Å². The molecule has 1 aromatic carbocycles. The van der Waals surface area contributed by atoms with Crippen LogP contribution in [-0.4, -0.2) is 72.8 Å². The third-order valence-corrected chi connectivity index (χ3v) is 7.16. The number of nitrogens with one attached hydrogen (secondary N) is 2. The average molecular weight is 480 g/mol. The first-order valence-corrected chi connectivity index (χ1v) is 12.3. The van der Waals surface area contributed by atoms with Crippen molar-refractivity contribution in [3.05, 3.63) is 65.3 Å². The van der Waals surface area contributed by atoms with Gasteiger partial charge < -0.3 is 20.1 Å².